The maximum Gasteiger partial charge on any atom is 0.0213 e. The molecule has 1 heteroatoms. The summed E-state index contributed by atoms with van der Waals surface area (Å²) in [6, 6.07) is 10.7. The van der Waals surface area contributed by atoms with Gasteiger partial charge in [0.25, 0.3) is 0 Å². The molecule has 1 aromatic carbocycles. The normalized spacial score (nSPS) is 15.5. The van der Waals surface area contributed by atoms with Gasteiger partial charge in [-0.1, -0.05) is 43.7 Å². The Hall–Kier alpha value is -1.24. The predicted octanol–water partition coefficient (Wildman–Crippen LogP) is 3.53. The van der Waals surface area contributed by atoms with Crippen LogP contribution in [0.3, 0.4) is 0 Å². The average molecular weight is 201 g/mol. The number of nitrogens with zero attached hydrogens (tertiary/aromatic N) is 1. The van der Waals surface area contributed by atoms with Crippen molar-refractivity contribution in [2.24, 2.45) is 0 Å². The minimum Gasteiger partial charge on any atom is -0.377 e. The van der Waals surface area contributed by atoms with Gasteiger partial charge in [0.05, 0.1) is 0 Å². The third-order valence-electron chi connectivity index (χ3n) is 2.95. The molecular weight excluding hydrogens is 182 g/mol. The summed E-state index contributed by atoms with van der Waals surface area (Å²) in [7, 11) is 0. The predicted molar refractivity (Wildman–Crippen MR) is 65.5 cm³/mol. The topological polar surface area (TPSA) is 3.24 Å². The average Bonchev–Trinajstić information content (AvgIpc) is 2.76. The van der Waals surface area contributed by atoms with E-state index in [9.17, 15) is 0 Å². The standard InChI is InChI=1S/C14H19N/c1-2-3-10-15-11-9-14(12-15)13-7-5-4-6-8-13/h4-8,12H,2-3,9-11H2,1H3. The molecule has 0 unspecified atom stereocenters. The molecule has 0 saturated heterocycles. The van der Waals surface area contributed by atoms with Crippen molar-refractivity contribution in [3.63, 3.8) is 0 Å². The molecule has 1 heterocycles. The highest BCUT2D eigenvalue weighted by atomic mass is 15.1. The summed E-state index contributed by atoms with van der Waals surface area (Å²) in [6.45, 7) is 4.66. The third-order valence-corrected chi connectivity index (χ3v) is 2.95. The Balaban J connectivity index is 2.00. The van der Waals surface area contributed by atoms with E-state index < -0.39 is 0 Å². The van der Waals surface area contributed by atoms with Crippen LogP contribution in [0, 0.1) is 0 Å². The summed E-state index contributed by atoms with van der Waals surface area (Å²) >= 11 is 0. The van der Waals surface area contributed by atoms with Crippen LogP contribution in [0.5, 0.6) is 0 Å². The Morgan fingerprint density at radius 3 is 2.73 bits per heavy atom. The number of benzene rings is 1. The lowest BCUT2D eigenvalue weighted by molar-refractivity contribution is 0.396. The molecule has 0 amide bonds. The maximum atomic E-state index is 2.45. The summed E-state index contributed by atoms with van der Waals surface area (Å²) in [6.07, 6.45) is 6.13. The second kappa shape index (κ2) is 5.01. The lowest BCUT2D eigenvalue weighted by atomic mass is 10.1. The van der Waals surface area contributed by atoms with Gasteiger partial charge in [-0.2, -0.15) is 0 Å². The molecule has 0 bridgehead atoms. The van der Waals surface area contributed by atoms with Gasteiger partial charge < -0.3 is 4.90 Å². The fraction of sp³-hybridized carbons (Fsp3) is 0.429. The van der Waals surface area contributed by atoms with E-state index in [2.05, 4.69) is 48.4 Å². The van der Waals surface area contributed by atoms with Gasteiger partial charge in [0, 0.05) is 19.3 Å². The van der Waals surface area contributed by atoms with Gasteiger partial charge >= 0.3 is 0 Å². The van der Waals surface area contributed by atoms with E-state index in [0.717, 1.165) is 0 Å². The SMILES string of the molecule is CCCCN1C=C(c2ccccc2)CC1. The lowest BCUT2D eigenvalue weighted by Gasteiger charge is -2.13. The molecule has 80 valence electrons. The van der Waals surface area contributed by atoms with Gasteiger partial charge in [-0.3, -0.25) is 0 Å². The molecular formula is C14H19N. The molecule has 0 aliphatic carbocycles. The van der Waals surface area contributed by atoms with E-state index in [4.69, 9.17) is 0 Å². The third kappa shape index (κ3) is 2.62. The largest absolute Gasteiger partial charge is 0.377 e. The van der Waals surface area contributed by atoms with E-state index in [-0.39, 0.29) is 0 Å². The molecule has 0 N–H and O–H groups in total. The second-order valence-electron chi connectivity index (χ2n) is 4.16. The van der Waals surface area contributed by atoms with Crippen molar-refractivity contribution in [1.29, 1.82) is 0 Å². The van der Waals surface area contributed by atoms with Gasteiger partial charge in [0.1, 0.15) is 0 Å². The van der Waals surface area contributed by atoms with Crippen molar-refractivity contribution >= 4 is 5.57 Å². The Morgan fingerprint density at radius 1 is 1.20 bits per heavy atom. The quantitative estimate of drug-likeness (QED) is 0.720. The maximum absolute atomic E-state index is 2.45. The van der Waals surface area contributed by atoms with Crippen molar-refractivity contribution < 1.29 is 0 Å². The van der Waals surface area contributed by atoms with Crippen LogP contribution in [0.25, 0.3) is 5.57 Å². The summed E-state index contributed by atoms with van der Waals surface area (Å²) in [4.78, 5) is 2.45. The van der Waals surface area contributed by atoms with Crippen molar-refractivity contribution in [2.75, 3.05) is 13.1 Å². The highest BCUT2D eigenvalue weighted by Gasteiger charge is 2.12. The van der Waals surface area contributed by atoms with Gasteiger partial charge in [-0.25, -0.2) is 0 Å². The molecule has 0 atom stereocenters. The zero-order valence-electron chi connectivity index (χ0n) is 9.45. The second-order valence-corrected chi connectivity index (χ2v) is 4.16. The Bertz CT molecular complexity index is 326. The van der Waals surface area contributed by atoms with E-state index in [0.29, 0.717) is 0 Å². The van der Waals surface area contributed by atoms with Crippen molar-refractivity contribution in [2.45, 2.75) is 26.2 Å². The zero-order chi connectivity index (χ0) is 10.5. The van der Waals surface area contributed by atoms with E-state index in [1.54, 1.807) is 0 Å². The van der Waals surface area contributed by atoms with Crippen molar-refractivity contribution in [1.82, 2.24) is 4.90 Å². The van der Waals surface area contributed by atoms with Crippen molar-refractivity contribution in [3.05, 3.63) is 42.1 Å². The molecule has 1 aliphatic rings. The molecule has 0 aromatic heterocycles. The zero-order valence-corrected chi connectivity index (χ0v) is 9.45. The van der Waals surface area contributed by atoms with Gasteiger partial charge in [-0.05, 0) is 24.0 Å². The molecule has 15 heavy (non-hydrogen) atoms. The summed E-state index contributed by atoms with van der Waals surface area (Å²) in [5, 5.41) is 0. The number of rotatable bonds is 4. The van der Waals surface area contributed by atoms with Gasteiger partial charge in [0.15, 0.2) is 0 Å². The number of hydrogen-bond acceptors (Lipinski definition) is 1. The molecule has 2 rings (SSSR count). The summed E-state index contributed by atoms with van der Waals surface area (Å²) in [5.74, 6) is 0. The van der Waals surface area contributed by atoms with Crippen LogP contribution in [-0.2, 0) is 0 Å². The molecule has 1 nitrogen and oxygen atoms in total. The van der Waals surface area contributed by atoms with E-state index >= 15 is 0 Å². The van der Waals surface area contributed by atoms with Gasteiger partial charge in [-0.15, -0.1) is 0 Å². The van der Waals surface area contributed by atoms with E-state index in [1.165, 1.54) is 43.5 Å². The Labute approximate surface area is 92.4 Å². The molecule has 0 spiro atoms. The fourth-order valence-electron chi connectivity index (χ4n) is 2.02. The van der Waals surface area contributed by atoms with Crippen LogP contribution in [0.15, 0.2) is 36.5 Å². The Kier molecular flexibility index (Phi) is 3.44. The molecule has 0 radical (unpaired) electrons. The summed E-state index contributed by atoms with van der Waals surface area (Å²) in [5.41, 5.74) is 2.88. The minimum absolute atomic E-state index is 1.20. The fourth-order valence-corrected chi connectivity index (χ4v) is 2.02. The highest BCUT2D eigenvalue weighted by Crippen LogP contribution is 2.24. The minimum atomic E-state index is 1.20. The van der Waals surface area contributed by atoms with Crippen LogP contribution < -0.4 is 0 Å². The first-order chi connectivity index (χ1) is 7.40. The van der Waals surface area contributed by atoms with Crippen LogP contribution in [0.1, 0.15) is 31.7 Å². The Morgan fingerprint density at radius 2 is 2.00 bits per heavy atom. The number of unbranched alkanes of at least 4 members (excludes halogenated alkanes) is 1. The first-order valence-corrected chi connectivity index (χ1v) is 5.90. The van der Waals surface area contributed by atoms with Crippen LogP contribution >= 0.6 is 0 Å². The summed E-state index contributed by atoms with van der Waals surface area (Å²) < 4.78 is 0. The lowest BCUT2D eigenvalue weighted by Crippen LogP contribution is -2.15. The van der Waals surface area contributed by atoms with Gasteiger partial charge in [0.2, 0.25) is 0 Å². The molecule has 0 saturated carbocycles. The first-order valence-electron chi connectivity index (χ1n) is 5.90. The smallest absolute Gasteiger partial charge is 0.0213 e. The van der Waals surface area contributed by atoms with E-state index in [1.807, 2.05) is 0 Å². The highest BCUT2D eigenvalue weighted by molar-refractivity contribution is 5.66. The molecule has 0 fully saturated rings. The van der Waals surface area contributed by atoms with Crippen molar-refractivity contribution in [3.8, 4) is 0 Å². The first kappa shape index (κ1) is 10.3. The number of hydrogen-bond donors (Lipinski definition) is 0. The van der Waals surface area contributed by atoms with Crippen LogP contribution in [-0.4, -0.2) is 18.0 Å². The van der Waals surface area contributed by atoms with Crippen LogP contribution in [0.4, 0.5) is 0 Å². The molecule has 1 aliphatic heterocycles. The molecule has 1 aromatic rings. The monoisotopic (exact) mass is 201 g/mol. The van der Waals surface area contributed by atoms with Crippen LogP contribution in [0.2, 0.25) is 0 Å².